The van der Waals surface area contributed by atoms with Gasteiger partial charge >= 0.3 is 0 Å². The summed E-state index contributed by atoms with van der Waals surface area (Å²) >= 11 is 0. The van der Waals surface area contributed by atoms with E-state index < -0.39 is 0 Å². The summed E-state index contributed by atoms with van der Waals surface area (Å²) in [4.78, 5) is 10.9. The first kappa shape index (κ1) is 13.1. The topological polar surface area (TPSA) is 67.2 Å². The van der Waals surface area contributed by atoms with Gasteiger partial charge in [-0.2, -0.15) is 0 Å². The lowest BCUT2D eigenvalue weighted by molar-refractivity contribution is -0.114. The Bertz CT molecular complexity index is 553. The van der Waals surface area contributed by atoms with Crippen molar-refractivity contribution in [2.45, 2.75) is 27.3 Å². The number of carbonyl (C=O) groups is 1. The maximum Gasteiger partial charge on any atom is 0.221 e. The maximum atomic E-state index is 10.9. The fourth-order valence-corrected chi connectivity index (χ4v) is 1.82. The van der Waals surface area contributed by atoms with Crippen LogP contribution in [0.3, 0.4) is 0 Å². The summed E-state index contributed by atoms with van der Waals surface area (Å²) in [5.41, 5.74) is 3.75. The molecule has 0 atom stereocenters. The first-order valence-corrected chi connectivity index (χ1v) is 6.09. The number of aromatic nitrogens is 1. The second-order valence-corrected chi connectivity index (χ2v) is 4.41. The van der Waals surface area contributed by atoms with Crippen LogP contribution >= 0.6 is 0 Å². The third-order valence-corrected chi connectivity index (χ3v) is 2.86. The quantitative estimate of drug-likeness (QED) is 0.886. The highest BCUT2D eigenvalue weighted by Crippen LogP contribution is 2.17. The van der Waals surface area contributed by atoms with Crippen LogP contribution in [0.1, 0.15) is 23.9 Å². The lowest BCUT2D eigenvalue weighted by Crippen LogP contribution is -2.06. The van der Waals surface area contributed by atoms with Crippen molar-refractivity contribution in [1.82, 2.24) is 5.16 Å². The molecule has 0 aliphatic rings. The Labute approximate surface area is 112 Å². The van der Waals surface area contributed by atoms with Crippen LogP contribution in [0, 0.1) is 13.8 Å². The number of anilines is 2. The minimum atomic E-state index is -0.0727. The van der Waals surface area contributed by atoms with Gasteiger partial charge in [-0.05, 0) is 38.1 Å². The van der Waals surface area contributed by atoms with Crippen LogP contribution < -0.4 is 10.6 Å². The summed E-state index contributed by atoms with van der Waals surface area (Å²) < 4.78 is 5.11. The number of hydrogen-bond donors (Lipinski definition) is 2. The Morgan fingerprint density at radius 3 is 2.37 bits per heavy atom. The zero-order valence-corrected chi connectivity index (χ0v) is 11.3. The first-order valence-electron chi connectivity index (χ1n) is 6.09. The Morgan fingerprint density at radius 2 is 1.84 bits per heavy atom. The molecular formula is C14H17N3O2. The van der Waals surface area contributed by atoms with Crippen molar-refractivity contribution in [2.24, 2.45) is 0 Å². The smallest absolute Gasteiger partial charge is 0.221 e. The lowest BCUT2D eigenvalue weighted by Gasteiger charge is -2.07. The van der Waals surface area contributed by atoms with Gasteiger partial charge in [0.1, 0.15) is 5.76 Å². The van der Waals surface area contributed by atoms with Gasteiger partial charge in [-0.1, -0.05) is 5.16 Å². The van der Waals surface area contributed by atoms with Crippen LogP contribution in [0.15, 0.2) is 28.8 Å². The van der Waals surface area contributed by atoms with Crippen molar-refractivity contribution >= 4 is 17.3 Å². The Morgan fingerprint density at radius 1 is 1.21 bits per heavy atom. The van der Waals surface area contributed by atoms with Gasteiger partial charge in [0.2, 0.25) is 5.91 Å². The predicted octanol–water partition coefficient (Wildman–Crippen LogP) is 2.86. The normalized spacial score (nSPS) is 10.3. The molecule has 1 aromatic carbocycles. The molecule has 0 saturated carbocycles. The molecule has 1 heterocycles. The number of rotatable bonds is 4. The summed E-state index contributed by atoms with van der Waals surface area (Å²) in [6, 6.07) is 7.56. The molecule has 0 saturated heterocycles. The highest BCUT2D eigenvalue weighted by molar-refractivity contribution is 5.88. The van der Waals surface area contributed by atoms with Crippen LogP contribution in [-0.4, -0.2) is 11.1 Å². The van der Waals surface area contributed by atoms with Gasteiger partial charge in [0.05, 0.1) is 5.69 Å². The van der Waals surface area contributed by atoms with Crippen LogP contribution in [-0.2, 0) is 11.3 Å². The molecule has 19 heavy (non-hydrogen) atoms. The van der Waals surface area contributed by atoms with Crippen LogP contribution in [0.4, 0.5) is 11.4 Å². The molecule has 0 radical (unpaired) electrons. The molecule has 0 bridgehead atoms. The molecule has 0 unspecified atom stereocenters. The Hall–Kier alpha value is -2.30. The van der Waals surface area contributed by atoms with Crippen molar-refractivity contribution < 1.29 is 9.32 Å². The largest absolute Gasteiger partial charge is 0.381 e. The molecule has 2 rings (SSSR count). The number of aryl methyl sites for hydroxylation is 2. The molecule has 1 amide bonds. The predicted molar refractivity (Wildman–Crippen MR) is 74.0 cm³/mol. The van der Waals surface area contributed by atoms with Gasteiger partial charge in [-0.15, -0.1) is 0 Å². The number of nitrogens with zero attached hydrogens (tertiary/aromatic N) is 1. The number of hydrogen-bond acceptors (Lipinski definition) is 4. The van der Waals surface area contributed by atoms with E-state index in [4.69, 9.17) is 4.52 Å². The molecule has 2 aromatic rings. The molecule has 100 valence electrons. The molecular weight excluding hydrogens is 242 g/mol. The van der Waals surface area contributed by atoms with E-state index >= 15 is 0 Å². The first-order chi connectivity index (χ1) is 9.06. The maximum absolute atomic E-state index is 10.9. The summed E-state index contributed by atoms with van der Waals surface area (Å²) in [5.74, 6) is 0.760. The van der Waals surface area contributed by atoms with Gasteiger partial charge in [0, 0.05) is 30.4 Å². The summed E-state index contributed by atoms with van der Waals surface area (Å²) in [6.45, 7) is 5.98. The van der Waals surface area contributed by atoms with Gasteiger partial charge < -0.3 is 15.2 Å². The third kappa shape index (κ3) is 3.34. The minimum absolute atomic E-state index is 0.0727. The van der Waals surface area contributed by atoms with Crippen molar-refractivity contribution in [1.29, 1.82) is 0 Å². The second-order valence-electron chi connectivity index (χ2n) is 4.41. The molecule has 0 aliphatic heterocycles. The Balaban J connectivity index is 1.98. The fourth-order valence-electron chi connectivity index (χ4n) is 1.82. The third-order valence-electron chi connectivity index (χ3n) is 2.86. The molecule has 5 nitrogen and oxygen atoms in total. The average Bonchev–Trinajstić information content (AvgIpc) is 2.68. The summed E-state index contributed by atoms with van der Waals surface area (Å²) in [6.07, 6.45) is 0. The zero-order valence-electron chi connectivity index (χ0n) is 11.3. The van der Waals surface area contributed by atoms with Crippen molar-refractivity contribution in [3.8, 4) is 0 Å². The highest BCUT2D eigenvalue weighted by Gasteiger charge is 2.08. The standard InChI is InChI=1S/C14H17N3O2/c1-9-14(10(2)19-17-9)8-15-12-4-6-13(7-5-12)16-11(3)18/h4-7,15H,8H2,1-3H3,(H,16,18). The van der Waals surface area contributed by atoms with Gasteiger partial charge in [-0.25, -0.2) is 0 Å². The molecule has 2 N–H and O–H groups in total. The van der Waals surface area contributed by atoms with E-state index in [2.05, 4.69) is 15.8 Å². The zero-order chi connectivity index (χ0) is 13.8. The van der Waals surface area contributed by atoms with E-state index in [1.165, 1.54) is 6.92 Å². The van der Waals surface area contributed by atoms with E-state index in [1.807, 2.05) is 38.1 Å². The van der Waals surface area contributed by atoms with Crippen molar-refractivity contribution in [3.05, 3.63) is 41.3 Å². The fraction of sp³-hybridized carbons (Fsp3) is 0.286. The van der Waals surface area contributed by atoms with E-state index in [-0.39, 0.29) is 5.91 Å². The molecule has 5 heteroatoms. The molecule has 0 fully saturated rings. The minimum Gasteiger partial charge on any atom is -0.381 e. The number of nitrogens with one attached hydrogen (secondary N) is 2. The highest BCUT2D eigenvalue weighted by atomic mass is 16.5. The summed E-state index contributed by atoms with van der Waals surface area (Å²) in [7, 11) is 0. The number of carbonyl (C=O) groups excluding carboxylic acids is 1. The van der Waals surface area contributed by atoms with Gasteiger partial charge in [-0.3, -0.25) is 4.79 Å². The number of benzene rings is 1. The molecule has 1 aromatic heterocycles. The van der Waals surface area contributed by atoms with E-state index in [9.17, 15) is 4.79 Å². The Kier molecular flexibility index (Phi) is 3.85. The second kappa shape index (κ2) is 5.56. The van der Waals surface area contributed by atoms with E-state index in [1.54, 1.807) is 0 Å². The average molecular weight is 259 g/mol. The SMILES string of the molecule is CC(=O)Nc1ccc(NCc2c(C)noc2C)cc1. The monoisotopic (exact) mass is 259 g/mol. The molecule has 0 spiro atoms. The van der Waals surface area contributed by atoms with Crippen molar-refractivity contribution in [2.75, 3.05) is 10.6 Å². The van der Waals surface area contributed by atoms with Gasteiger partial charge in [0.15, 0.2) is 0 Å². The summed E-state index contributed by atoms with van der Waals surface area (Å²) in [5, 5.41) is 9.94. The van der Waals surface area contributed by atoms with Crippen LogP contribution in [0.5, 0.6) is 0 Å². The van der Waals surface area contributed by atoms with Crippen LogP contribution in [0.2, 0.25) is 0 Å². The van der Waals surface area contributed by atoms with Crippen molar-refractivity contribution in [3.63, 3.8) is 0 Å². The van der Waals surface area contributed by atoms with E-state index in [0.717, 1.165) is 28.4 Å². The van der Waals surface area contributed by atoms with E-state index in [0.29, 0.717) is 6.54 Å². The lowest BCUT2D eigenvalue weighted by atomic mass is 10.2. The molecule has 0 aliphatic carbocycles. The van der Waals surface area contributed by atoms with Gasteiger partial charge in [0.25, 0.3) is 0 Å². The van der Waals surface area contributed by atoms with Crippen LogP contribution in [0.25, 0.3) is 0 Å². The number of amides is 1.